The zero-order valence-electron chi connectivity index (χ0n) is 10.2. The minimum atomic E-state index is -0.929. The van der Waals surface area contributed by atoms with E-state index in [1.165, 1.54) is 0 Å². The normalized spacial score (nSPS) is 10.5. The third kappa shape index (κ3) is 2.43. The SMILES string of the molecule is COCCc1ccccc1-n1cccc1C(=O)O. The zero-order valence-corrected chi connectivity index (χ0v) is 10.2. The summed E-state index contributed by atoms with van der Waals surface area (Å²) in [6.45, 7) is 0.612. The van der Waals surface area contributed by atoms with Crippen LogP contribution in [-0.4, -0.2) is 29.4 Å². The number of aromatic nitrogens is 1. The highest BCUT2D eigenvalue weighted by Crippen LogP contribution is 2.18. The molecule has 0 spiro atoms. The van der Waals surface area contributed by atoms with Crippen molar-refractivity contribution in [2.45, 2.75) is 6.42 Å². The Labute approximate surface area is 105 Å². The van der Waals surface area contributed by atoms with Crippen LogP contribution < -0.4 is 0 Å². The van der Waals surface area contributed by atoms with Crippen LogP contribution in [0.2, 0.25) is 0 Å². The molecule has 0 bridgehead atoms. The minimum absolute atomic E-state index is 0.264. The minimum Gasteiger partial charge on any atom is -0.477 e. The van der Waals surface area contributed by atoms with E-state index in [1.807, 2.05) is 24.3 Å². The van der Waals surface area contributed by atoms with Crippen molar-refractivity contribution in [1.82, 2.24) is 4.57 Å². The Bertz CT molecular complexity index is 545. The van der Waals surface area contributed by atoms with Crippen molar-refractivity contribution < 1.29 is 14.6 Å². The largest absolute Gasteiger partial charge is 0.477 e. The van der Waals surface area contributed by atoms with Crippen LogP contribution in [0, 0.1) is 0 Å². The van der Waals surface area contributed by atoms with Crippen LogP contribution in [0.1, 0.15) is 16.1 Å². The van der Waals surface area contributed by atoms with E-state index in [0.717, 1.165) is 17.7 Å². The van der Waals surface area contributed by atoms with E-state index in [9.17, 15) is 4.79 Å². The topological polar surface area (TPSA) is 51.5 Å². The van der Waals surface area contributed by atoms with E-state index in [-0.39, 0.29) is 5.69 Å². The fourth-order valence-corrected chi connectivity index (χ4v) is 1.93. The molecule has 1 aromatic heterocycles. The van der Waals surface area contributed by atoms with Gasteiger partial charge in [0, 0.05) is 19.0 Å². The Morgan fingerprint density at radius 1 is 1.28 bits per heavy atom. The molecule has 94 valence electrons. The van der Waals surface area contributed by atoms with Crippen molar-refractivity contribution in [1.29, 1.82) is 0 Å². The summed E-state index contributed by atoms with van der Waals surface area (Å²) in [5.74, 6) is -0.929. The molecule has 0 saturated carbocycles. The van der Waals surface area contributed by atoms with E-state index < -0.39 is 5.97 Å². The molecule has 0 unspecified atom stereocenters. The first kappa shape index (κ1) is 12.4. The van der Waals surface area contributed by atoms with Crippen molar-refractivity contribution in [3.8, 4) is 5.69 Å². The summed E-state index contributed by atoms with van der Waals surface area (Å²) in [6, 6.07) is 11.1. The fraction of sp³-hybridized carbons (Fsp3) is 0.214. The van der Waals surface area contributed by atoms with Gasteiger partial charge in [-0.15, -0.1) is 0 Å². The zero-order chi connectivity index (χ0) is 13.0. The van der Waals surface area contributed by atoms with E-state index >= 15 is 0 Å². The van der Waals surface area contributed by atoms with Gasteiger partial charge in [-0.2, -0.15) is 0 Å². The van der Waals surface area contributed by atoms with Gasteiger partial charge in [0.15, 0.2) is 0 Å². The second-order valence-corrected chi connectivity index (χ2v) is 3.94. The Hall–Kier alpha value is -2.07. The lowest BCUT2D eigenvalue weighted by Gasteiger charge is -2.12. The molecule has 1 heterocycles. The third-order valence-electron chi connectivity index (χ3n) is 2.79. The van der Waals surface area contributed by atoms with Crippen molar-refractivity contribution in [2.24, 2.45) is 0 Å². The average molecular weight is 245 g/mol. The van der Waals surface area contributed by atoms with Crippen molar-refractivity contribution in [3.05, 3.63) is 53.9 Å². The Morgan fingerprint density at radius 3 is 2.78 bits per heavy atom. The van der Waals surface area contributed by atoms with E-state index in [1.54, 1.807) is 30.0 Å². The number of aromatic carboxylic acids is 1. The first-order chi connectivity index (χ1) is 8.74. The number of para-hydroxylation sites is 1. The van der Waals surface area contributed by atoms with Crippen LogP contribution in [0.4, 0.5) is 0 Å². The van der Waals surface area contributed by atoms with Gasteiger partial charge >= 0.3 is 5.97 Å². The summed E-state index contributed by atoms with van der Waals surface area (Å²) in [5, 5.41) is 9.14. The molecule has 2 aromatic rings. The predicted octanol–water partition coefficient (Wildman–Crippen LogP) is 2.36. The van der Waals surface area contributed by atoms with Crippen LogP contribution >= 0.6 is 0 Å². The summed E-state index contributed by atoms with van der Waals surface area (Å²) < 4.78 is 6.76. The quantitative estimate of drug-likeness (QED) is 0.879. The number of ether oxygens (including phenoxy) is 1. The molecule has 0 atom stereocenters. The third-order valence-corrected chi connectivity index (χ3v) is 2.79. The van der Waals surface area contributed by atoms with Crippen molar-refractivity contribution >= 4 is 5.97 Å². The maximum Gasteiger partial charge on any atom is 0.352 e. The molecule has 0 amide bonds. The number of hydrogen-bond donors (Lipinski definition) is 1. The van der Waals surface area contributed by atoms with Gasteiger partial charge in [0.1, 0.15) is 5.69 Å². The lowest BCUT2D eigenvalue weighted by molar-refractivity contribution is 0.0688. The molecule has 0 aliphatic rings. The van der Waals surface area contributed by atoms with Gasteiger partial charge in [-0.1, -0.05) is 18.2 Å². The van der Waals surface area contributed by atoms with Crippen LogP contribution in [0.25, 0.3) is 5.69 Å². The highest BCUT2D eigenvalue weighted by atomic mass is 16.5. The summed E-state index contributed by atoms with van der Waals surface area (Å²) in [4.78, 5) is 11.1. The predicted molar refractivity (Wildman–Crippen MR) is 68.3 cm³/mol. The number of methoxy groups -OCH3 is 1. The van der Waals surface area contributed by atoms with Gasteiger partial charge in [-0.3, -0.25) is 0 Å². The number of carbonyl (C=O) groups is 1. The number of carboxylic acid groups (broad SMARTS) is 1. The van der Waals surface area contributed by atoms with Gasteiger partial charge < -0.3 is 14.4 Å². The maximum atomic E-state index is 11.1. The smallest absolute Gasteiger partial charge is 0.352 e. The summed E-state index contributed by atoms with van der Waals surface area (Å²) in [6.07, 6.45) is 2.51. The highest BCUT2D eigenvalue weighted by Gasteiger charge is 2.12. The second kappa shape index (κ2) is 5.51. The first-order valence-corrected chi connectivity index (χ1v) is 5.72. The van der Waals surface area contributed by atoms with Crippen molar-refractivity contribution in [2.75, 3.05) is 13.7 Å². The second-order valence-electron chi connectivity index (χ2n) is 3.94. The van der Waals surface area contributed by atoms with Crippen LogP contribution in [0.15, 0.2) is 42.6 Å². The van der Waals surface area contributed by atoms with Gasteiger partial charge in [-0.05, 0) is 30.2 Å². The van der Waals surface area contributed by atoms with E-state index in [4.69, 9.17) is 9.84 Å². The molecular weight excluding hydrogens is 230 g/mol. The molecule has 0 fully saturated rings. The van der Waals surface area contributed by atoms with Crippen molar-refractivity contribution in [3.63, 3.8) is 0 Å². The van der Waals surface area contributed by atoms with Gasteiger partial charge in [0.2, 0.25) is 0 Å². The summed E-state index contributed by atoms with van der Waals surface area (Å²) >= 11 is 0. The number of nitrogens with zero attached hydrogens (tertiary/aromatic N) is 1. The molecule has 0 aliphatic heterocycles. The lowest BCUT2D eigenvalue weighted by Crippen LogP contribution is -2.08. The molecule has 0 radical (unpaired) electrons. The summed E-state index contributed by atoms with van der Waals surface area (Å²) in [5.41, 5.74) is 2.22. The standard InChI is InChI=1S/C14H15NO3/c1-18-10-8-11-5-2-3-6-12(11)15-9-4-7-13(15)14(16)17/h2-7,9H,8,10H2,1H3,(H,16,17). The van der Waals surface area contributed by atoms with Crippen LogP contribution in [0.5, 0.6) is 0 Å². The molecule has 0 aliphatic carbocycles. The van der Waals surface area contributed by atoms with Gasteiger partial charge in [0.25, 0.3) is 0 Å². The van der Waals surface area contributed by atoms with Gasteiger partial charge in [-0.25, -0.2) is 4.79 Å². The first-order valence-electron chi connectivity index (χ1n) is 5.72. The molecule has 1 N–H and O–H groups in total. The number of hydrogen-bond acceptors (Lipinski definition) is 2. The Kier molecular flexibility index (Phi) is 3.79. The molecule has 2 rings (SSSR count). The molecule has 4 heteroatoms. The number of rotatable bonds is 5. The van der Waals surface area contributed by atoms with Crippen LogP contribution in [-0.2, 0) is 11.2 Å². The highest BCUT2D eigenvalue weighted by molar-refractivity contribution is 5.86. The molecule has 18 heavy (non-hydrogen) atoms. The molecule has 0 saturated heterocycles. The number of benzene rings is 1. The average Bonchev–Trinajstić information content (AvgIpc) is 2.86. The fourth-order valence-electron chi connectivity index (χ4n) is 1.93. The maximum absolute atomic E-state index is 11.1. The van der Waals surface area contributed by atoms with E-state index in [0.29, 0.717) is 6.61 Å². The van der Waals surface area contributed by atoms with Gasteiger partial charge in [0.05, 0.1) is 6.61 Å². The Morgan fingerprint density at radius 2 is 2.06 bits per heavy atom. The monoisotopic (exact) mass is 245 g/mol. The summed E-state index contributed by atoms with van der Waals surface area (Å²) in [7, 11) is 1.65. The van der Waals surface area contributed by atoms with E-state index in [2.05, 4.69) is 0 Å². The molecular formula is C14H15NO3. The Balaban J connectivity index is 2.43. The molecule has 4 nitrogen and oxygen atoms in total. The van der Waals surface area contributed by atoms with Crippen LogP contribution in [0.3, 0.4) is 0 Å². The lowest BCUT2D eigenvalue weighted by atomic mass is 10.1. The molecule has 1 aromatic carbocycles. The number of carboxylic acids is 1.